The largest absolute Gasteiger partial charge is 0.357 e. The molecule has 0 aliphatic rings. The molecular formula is C26H32IN7. The second kappa shape index (κ2) is 12.4. The van der Waals surface area contributed by atoms with E-state index < -0.39 is 0 Å². The minimum absolute atomic E-state index is 0. The molecule has 0 amide bonds. The molecule has 2 aromatic heterocycles. The predicted octanol–water partition coefficient (Wildman–Crippen LogP) is 4.61. The average Bonchev–Trinajstić information content (AvgIpc) is 3.41. The van der Waals surface area contributed by atoms with Crippen molar-refractivity contribution in [3.63, 3.8) is 0 Å². The van der Waals surface area contributed by atoms with Gasteiger partial charge in [0, 0.05) is 30.5 Å². The number of aliphatic imine (C=N–C) groups is 1. The summed E-state index contributed by atoms with van der Waals surface area (Å²) in [4.78, 5) is 4.76. The number of hydrogen-bond acceptors (Lipinski definition) is 3. The first-order chi connectivity index (χ1) is 16.1. The third kappa shape index (κ3) is 6.69. The van der Waals surface area contributed by atoms with Crippen molar-refractivity contribution >= 4 is 29.9 Å². The van der Waals surface area contributed by atoms with Crippen molar-refractivity contribution in [3.05, 3.63) is 101 Å². The molecule has 0 atom stereocenters. The van der Waals surface area contributed by atoms with Gasteiger partial charge in [-0.25, -0.2) is 9.67 Å². The lowest BCUT2D eigenvalue weighted by Crippen LogP contribution is -2.37. The van der Waals surface area contributed by atoms with Crippen LogP contribution in [0.25, 0.3) is 5.69 Å². The van der Waals surface area contributed by atoms with Crippen LogP contribution in [0, 0.1) is 13.8 Å². The zero-order valence-corrected chi connectivity index (χ0v) is 22.2. The third-order valence-electron chi connectivity index (χ3n) is 5.31. The number of nitrogens with one attached hydrogen (secondary N) is 2. The van der Waals surface area contributed by atoms with Crippen LogP contribution in [0.15, 0.2) is 78.0 Å². The molecule has 0 bridgehead atoms. The van der Waals surface area contributed by atoms with E-state index in [9.17, 15) is 0 Å². The Bertz CT molecular complexity index is 1210. The Morgan fingerprint density at radius 3 is 2.47 bits per heavy atom. The molecule has 2 aromatic carbocycles. The summed E-state index contributed by atoms with van der Waals surface area (Å²) in [5, 5.41) is 15.9. The summed E-state index contributed by atoms with van der Waals surface area (Å²) < 4.78 is 3.95. The Morgan fingerprint density at radius 1 is 0.971 bits per heavy atom. The SMILES string of the molecule is CCNC(=NCc1cnn(Cc2ccccc2)c1)NCc1ccccc1-n1nc(C)cc1C.I. The lowest BCUT2D eigenvalue weighted by Gasteiger charge is -2.14. The van der Waals surface area contributed by atoms with Crippen molar-refractivity contribution in [2.45, 2.75) is 40.4 Å². The van der Waals surface area contributed by atoms with Crippen molar-refractivity contribution in [2.75, 3.05) is 6.54 Å². The normalized spacial score (nSPS) is 11.2. The van der Waals surface area contributed by atoms with Crippen molar-refractivity contribution < 1.29 is 0 Å². The number of hydrogen-bond donors (Lipinski definition) is 2. The Morgan fingerprint density at radius 2 is 1.74 bits per heavy atom. The molecule has 0 aliphatic heterocycles. The van der Waals surface area contributed by atoms with Gasteiger partial charge < -0.3 is 10.6 Å². The van der Waals surface area contributed by atoms with Crippen LogP contribution in [0.4, 0.5) is 0 Å². The topological polar surface area (TPSA) is 72.1 Å². The Kier molecular flexibility index (Phi) is 9.26. The van der Waals surface area contributed by atoms with E-state index in [1.807, 2.05) is 46.7 Å². The van der Waals surface area contributed by atoms with E-state index in [1.54, 1.807) is 0 Å². The average molecular weight is 569 g/mol. The van der Waals surface area contributed by atoms with Gasteiger partial charge in [0.1, 0.15) is 0 Å². The molecule has 8 heteroatoms. The molecule has 0 aliphatic carbocycles. The van der Waals surface area contributed by atoms with E-state index in [0.29, 0.717) is 13.1 Å². The molecule has 0 fully saturated rings. The summed E-state index contributed by atoms with van der Waals surface area (Å²) in [5.41, 5.74) is 6.67. The van der Waals surface area contributed by atoms with Gasteiger partial charge in [-0.2, -0.15) is 10.2 Å². The fraction of sp³-hybridized carbons (Fsp3) is 0.269. The molecule has 0 spiro atoms. The molecule has 178 valence electrons. The first-order valence-electron chi connectivity index (χ1n) is 11.3. The smallest absolute Gasteiger partial charge is 0.191 e. The molecular weight excluding hydrogens is 537 g/mol. The number of benzene rings is 2. The molecule has 34 heavy (non-hydrogen) atoms. The van der Waals surface area contributed by atoms with Gasteiger partial charge in [-0.05, 0) is 44.0 Å². The number of halogens is 1. The number of nitrogens with zero attached hydrogens (tertiary/aromatic N) is 5. The van der Waals surface area contributed by atoms with Gasteiger partial charge in [0.2, 0.25) is 0 Å². The zero-order valence-electron chi connectivity index (χ0n) is 19.9. The van der Waals surface area contributed by atoms with Gasteiger partial charge in [0.05, 0.1) is 30.7 Å². The predicted molar refractivity (Wildman–Crippen MR) is 148 cm³/mol. The van der Waals surface area contributed by atoms with Crippen molar-refractivity contribution in [1.29, 1.82) is 0 Å². The summed E-state index contributed by atoms with van der Waals surface area (Å²) in [7, 11) is 0. The monoisotopic (exact) mass is 569 g/mol. The van der Waals surface area contributed by atoms with Crippen LogP contribution >= 0.6 is 24.0 Å². The molecule has 0 unspecified atom stereocenters. The van der Waals surface area contributed by atoms with Crippen LogP contribution in [0.5, 0.6) is 0 Å². The Balaban J connectivity index is 0.00000324. The first-order valence-corrected chi connectivity index (χ1v) is 11.3. The summed E-state index contributed by atoms with van der Waals surface area (Å²) >= 11 is 0. The molecule has 4 aromatic rings. The third-order valence-corrected chi connectivity index (χ3v) is 5.31. The van der Waals surface area contributed by atoms with Gasteiger partial charge in [-0.3, -0.25) is 4.68 Å². The highest BCUT2D eigenvalue weighted by molar-refractivity contribution is 14.0. The van der Waals surface area contributed by atoms with Crippen molar-refractivity contribution in [3.8, 4) is 5.69 Å². The highest BCUT2D eigenvalue weighted by atomic mass is 127. The minimum Gasteiger partial charge on any atom is -0.357 e. The lowest BCUT2D eigenvalue weighted by atomic mass is 10.1. The molecule has 4 rings (SSSR count). The van der Waals surface area contributed by atoms with Crippen LogP contribution in [0.1, 0.15) is 35.0 Å². The van der Waals surface area contributed by atoms with Crippen molar-refractivity contribution in [2.24, 2.45) is 4.99 Å². The molecule has 2 heterocycles. The maximum absolute atomic E-state index is 4.76. The first kappa shape index (κ1) is 25.5. The number of guanidine groups is 1. The minimum atomic E-state index is 0. The second-order valence-corrected chi connectivity index (χ2v) is 8.05. The maximum Gasteiger partial charge on any atom is 0.191 e. The van der Waals surface area contributed by atoms with Gasteiger partial charge >= 0.3 is 0 Å². The quantitative estimate of drug-likeness (QED) is 0.185. The summed E-state index contributed by atoms with van der Waals surface area (Å²) in [5.74, 6) is 0.775. The molecule has 2 N–H and O–H groups in total. The number of rotatable bonds is 8. The van der Waals surface area contributed by atoms with Gasteiger partial charge in [-0.15, -0.1) is 24.0 Å². The van der Waals surface area contributed by atoms with Crippen LogP contribution in [-0.4, -0.2) is 32.1 Å². The fourth-order valence-corrected chi connectivity index (χ4v) is 3.78. The van der Waals surface area contributed by atoms with E-state index in [1.165, 1.54) is 5.56 Å². The molecule has 7 nitrogen and oxygen atoms in total. The number of aromatic nitrogens is 4. The lowest BCUT2D eigenvalue weighted by molar-refractivity contribution is 0.686. The summed E-state index contributed by atoms with van der Waals surface area (Å²) in [6.45, 7) is 8.91. The van der Waals surface area contributed by atoms with E-state index in [0.717, 1.165) is 47.3 Å². The molecule has 0 saturated heterocycles. The second-order valence-electron chi connectivity index (χ2n) is 8.05. The number of para-hydroxylation sites is 1. The standard InChI is InChI=1S/C26H31N7.HI/c1-4-27-26(28-15-23-16-30-32(19-23)18-22-10-6-5-7-11-22)29-17-24-12-8-9-13-25(24)33-21(3)14-20(2)31-33;/h5-14,16,19H,4,15,17-18H2,1-3H3,(H2,27,28,29);1H. The maximum atomic E-state index is 4.76. The summed E-state index contributed by atoms with van der Waals surface area (Å²) in [6.07, 6.45) is 3.94. The van der Waals surface area contributed by atoms with E-state index in [2.05, 4.69) is 77.3 Å². The van der Waals surface area contributed by atoms with E-state index in [4.69, 9.17) is 4.99 Å². The zero-order chi connectivity index (χ0) is 23.0. The van der Waals surface area contributed by atoms with Crippen LogP contribution in [0.2, 0.25) is 0 Å². The van der Waals surface area contributed by atoms with E-state index in [-0.39, 0.29) is 24.0 Å². The highest BCUT2D eigenvalue weighted by Crippen LogP contribution is 2.17. The van der Waals surface area contributed by atoms with Gasteiger partial charge in [0.15, 0.2) is 5.96 Å². The van der Waals surface area contributed by atoms with E-state index >= 15 is 0 Å². The molecule has 0 saturated carbocycles. The molecule has 0 radical (unpaired) electrons. The van der Waals surface area contributed by atoms with Crippen LogP contribution < -0.4 is 10.6 Å². The summed E-state index contributed by atoms with van der Waals surface area (Å²) in [6, 6.07) is 20.7. The van der Waals surface area contributed by atoms with Crippen LogP contribution in [0.3, 0.4) is 0 Å². The van der Waals surface area contributed by atoms with Gasteiger partial charge in [0.25, 0.3) is 0 Å². The van der Waals surface area contributed by atoms with Crippen LogP contribution in [-0.2, 0) is 19.6 Å². The Labute approximate surface area is 218 Å². The highest BCUT2D eigenvalue weighted by Gasteiger charge is 2.09. The van der Waals surface area contributed by atoms with Crippen molar-refractivity contribution in [1.82, 2.24) is 30.2 Å². The fourth-order valence-electron chi connectivity index (χ4n) is 3.78. The van der Waals surface area contributed by atoms with Gasteiger partial charge in [-0.1, -0.05) is 48.5 Å². The number of aryl methyl sites for hydroxylation is 2. The Hall–Kier alpha value is -3.14.